The van der Waals surface area contributed by atoms with E-state index in [1.165, 1.54) is 12.1 Å². The summed E-state index contributed by atoms with van der Waals surface area (Å²) >= 11 is 0. The molecule has 0 radical (unpaired) electrons. The third-order valence-corrected chi connectivity index (χ3v) is 4.57. The number of amides is 3. The number of imide groups is 1. The van der Waals surface area contributed by atoms with Crippen molar-refractivity contribution in [1.29, 1.82) is 0 Å². The minimum atomic E-state index is -3.40. The van der Waals surface area contributed by atoms with Crippen molar-refractivity contribution < 1.29 is 32.7 Å². The molecule has 2 rings (SSSR count). The molecule has 1 atom stereocenters. The number of aliphatic carboxylic acids is 1. The Bertz CT molecular complexity index is 812. The van der Waals surface area contributed by atoms with Crippen molar-refractivity contribution >= 4 is 33.5 Å². The number of carbonyl (C=O) groups is 4. The fourth-order valence-corrected chi connectivity index (χ4v) is 3.02. The van der Waals surface area contributed by atoms with E-state index in [4.69, 9.17) is 5.11 Å². The Morgan fingerprint density at radius 1 is 1.16 bits per heavy atom. The lowest BCUT2D eigenvalue weighted by Crippen LogP contribution is -2.47. The second-order valence-electron chi connectivity index (χ2n) is 5.62. The molecule has 134 valence electrons. The summed E-state index contributed by atoms with van der Waals surface area (Å²) in [6.45, 7) is -0.644. The lowest BCUT2D eigenvalue weighted by molar-refractivity contribution is -0.141. The number of nitrogens with one attached hydrogen (secondary N) is 1. The van der Waals surface area contributed by atoms with Crippen LogP contribution in [0.4, 0.5) is 0 Å². The largest absolute Gasteiger partial charge is 0.480 e. The van der Waals surface area contributed by atoms with Crippen LogP contribution in [0, 0.1) is 0 Å². The maximum absolute atomic E-state index is 12.1. The van der Waals surface area contributed by atoms with Gasteiger partial charge in [0.1, 0.15) is 22.4 Å². The standard InChI is InChI=1S/C15H16N2O7S/c1-25(23,24)7-6-11(15(21)22)16-12(18)8-17-13(19)9-4-2-3-5-10(9)14(17)20/h2-5,11H,6-8H2,1H3,(H,16,18)(H,21,22). The van der Waals surface area contributed by atoms with E-state index in [2.05, 4.69) is 5.32 Å². The van der Waals surface area contributed by atoms with Gasteiger partial charge in [-0.15, -0.1) is 0 Å². The number of carboxylic acids is 1. The number of hydrogen-bond donors (Lipinski definition) is 2. The van der Waals surface area contributed by atoms with Crippen LogP contribution in [0.25, 0.3) is 0 Å². The topological polar surface area (TPSA) is 138 Å². The van der Waals surface area contributed by atoms with Crippen LogP contribution in [0.15, 0.2) is 24.3 Å². The molecule has 0 bridgehead atoms. The van der Waals surface area contributed by atoms with Crippen LogP contribution in [0.3, 0.4) is 0 Å². The number of carbonyl (C=O) groups excluding carboxylic acids is 3. The molecular weight excluding hydrogens is 352 g/mol. The number of nitrogens with zero attached hydrogens (tertiary/aromatic N) is 1. The molecule has 1 aromatic carbocycles. The molecule has 1 aliphatic heterocycles. The fourth-order valence-electron chi connectivity index (χ4n) is 2.36. The van der Waals surface area contributed by atoms with E-state index in [1.807, 2.05) is 0 Å². The first-order valence-corrected chi connectivity index (χ1v) is 9.31. The molecule has 0 aromatic heterocycles. The molecule has 0 saturated carbocycles. The smallest absolute Gasteiger partial charge is 0.326 e. The number of hydrogen-bond acceptors (Lipinski definition) is 6. The average molecular weight is 368 g/mol. The van der Waals surface area contributed by atoms with E-state index < -0.39 is 51.9 Å². The molecule has 2 N–H and O–H groups in total. The van der Waals surface area contributed by atoms with Gasteiger partial charge >= 0.3 is 5.97 Å². The van der Waals surface area contributed by atoms with E-state index >= 15 is 0 Å². The first-order valence-electron chi connectivity index (χ1n) is 7.25. The molecule has 1 unspecified atom stereocenters. The van der Waals surface area contributed by atoms with Crippen LogP contribution in [-0.4, -0.2) is 66.7 Å². The lowest BCUT2D eigenvalue weighted by Gasteiger charge is -2.17. The molecule has 0 fully saturated rings. The minimum absolute atomic E-state index is 0.173. The first kappa shape index (κ1) is 18.6. The van der Waals surface area contributed by atoms with E-state index in [0.29, 0.717) is 0 Å². The zero-order valence-corrected chi connectivity index (χ0v) is 14.1. The van der Waals surface area contributed by atoms with Crippen LogP contribution >= 0.6 is 0 Å². The monoisotopic (exact) mass is 368 g/mol. The number of benzene rings is 1. The van der Waals surface area contributed by atoms with Gasteiger partial charge in [-0.2, -0.15) is 0 Å². The summed E-state index contributed by atoms with van der Waals surface area (Å²) in [4.78, 5) is 48.2. The average Bonchev–Trinajstić information content (AvgIpc) is 2.76. The van der Waals surface area contributed by atoms with Crippen molar-refractivity contribution in [1.82, 2.24) is 10.2 Å². The summed E-state index contributed by atoms with van der Waals surface area (Å²) in [5.74, 6) is -3.97. The lowest BCUT2D eigenvalue weighted by atomic mass is 10.1. The summed E-state index contributed by atoms with van der Waals surface area (Å²) in [6.07, 6.45) is 0.633. The Kier molecular flexibility index (Phi) is 5.21. The molecule has 9 nitrogen and oxygen atoms in total. The quantitative estimate of drug-likeness (QED) is 0.606. The molecule has 0 saturated heterocycles. The third kappa shape index (κ3) is 4.41. The van der Waals surface area contributed by atoms with Crippen LogP contribution in [-0.2, 0) is 19.4 Å². The Balaban J connectivity index is 2.03. The van der Waals surface area contributed by atoms with Gasteiger partial charge in [-0.1, -0.05) is 12.1 Å². The highest BCUT2D eigenvalue weighted by molar-refractivity contribution is 7.90. The van der Waals surface area contributed by atoms with Gasteiger partial charge in [0.15, 0.2) is 0 Å². The minimum Gasteiger partial charge on any atom is -0.480 e. The molecule has 3 amide bonds. The molecule has 1 heterocycles. The zero-order valence-electron chi connectivity index (χ0n) is 13.3. The fraction of sp³-hybridized carbons (Fsp3) is 0.333. The second-order valence-corrected chi connectivity index (χ2v) is 7.88. The maximum Gasteiger partial charge on any atom is 0.326 e. The predicted molar refractivity (Wildman–Crippen MR) is 85.7 cm³/mol. The van der Waals surface area contributed by atoms with E-state index in [-0.39, 0.29) is 17.5 Å². The molecule has 10 heteroatoms. The van der Waals surface area contributed by atoms with Crippen LogP contribution < -0.4 is 5.32 Å². The van der Waals surface area contributed by atoms with E-state index in [0.717, 1.165) is 11.2 Å². The molecule has 0 spiro atoms. The van der Waals surface area contributed by atoms with Crippen molar-refractivity contribution in [2.24, 2.45) is 0 Å². The van der Waals surface area contributed by atoms with Gasteiger partial charge in [0.05, 0.1) is 16.9 Å². The number of rotatable bonds is 7. The van der Waals surface area contributed by atoms with Gasteiger partial charge in [-0.3, -0.25) is 19.3 Å². The van der Waals surface area contributed by atoms with Gasteiger partial charge in [0, 0.05) is 6.26 Å². The molecule has 0 aliphatic carbocycles. The van der Waals surface area contributed by atoms with Crippen LogP contribution in [0.5, 0.6) is 0 Å². The molecule has 1 aromatic rings. The summed E-state index contributed by atoms with van der Waals surface area (Å²) in [7, 11) is -3.40. The Morgan fingerprint density at radius 3 is 2.12 bits per heavy atom. The van der Waals surface area contributed by atoms with Gasteiger partial charge in [0.25, 0.3) is 11.8 Å². The highest BCUT2D eigenvalue weighted by Crippen LogP contribution is 2.21. The highest BCUT2D eigenvalue weighted by Gasteiger charge is 2.36. The molecule has 25 heavy (non-hydrogen) atoms. The van der Waals surface area contributed by atoms with Gasteiger partial charge in [0.2, 0.25) is 5.91 Å². The zero-order chi connectivity index (χ0) is 18.8. The predicted octanol–water partition coefficient (Wildman–Crippen LogP) is -0.713. The summed E-state index contributed by atoms with van der Waals surface area (Å²) < 4.78 is 22.3. The third-order valence-electron chi connectivity index (χ3n) is 3.59. The highest BCUT2D eigenvalue weighted by atomic mass is 32.2. The van der Waals surface area contributed by atoms with Crippen molar-refractivity contribution in [2.45, 2.75) is 12.5 Å². The number of sulfone groups is 1. The first-order chi connectivity index (χ1) is 11.6. The van der Waals surface area contributed by atoms with Crippen LogP contribution in [0.1, 0.15) is 27.1 Å². The summed E-state index contributed by atoms with van der Waals surface area (Å²) in [5, 5.41) is 11.2. The Labute approximate surface area is 143 Å². The van der Waals surface area contributed by atoms with Crippen molar-refractivity contribution in [3.8, 4) is 0 Å². The Morgan fingerprint density at radius 2 is 1.68 bits per heavy atom. The Hall–Kier alpha value is -2.75. The van der Waals surface area contributed by atoms with E-state index in [9.17, 15) is 27.6 Å². The summed E-state index contributed by atoms with van der Waals surface area (Å²) in [6, 6.07) is 4.65. The molecular formula is C15H16N2O7S. The number of fused-ring (bicyclic) bond motifs is 1. The van der Waals surface area contributed by atoms with Gasteiger partial charge in [-0.05, 0) is 18.6 Å². The summed E-state index contributed by atoms with van der Waals surface area (Å²) in [5.41, 5.74) is 0.347. The van der Waals surface area contributed by atoms with Crippen molar-refractivity contribution in [3.05, 3.63) is 35.4 Å². The maximum atomic E-state index is 12.1. The molecule has 1 aliphatic rings. The van der Waals surface area contributed by atoms with Crippen molar-refractivity contribution in [2.75, 3.05) is 18.6 Å². The van der Waals surface area contributed by atoms with E-state index in [1.54, 1.807) is 12.1 Å². The van der Waals surface area contributed by atoms with Crippen LogP contribution in [0.2, 0.25) is 0 Å². The van der Waals surface area contributed by atoms with Gasteiger partial charge in [-0.25, -0.2) is 13.2 Å². The SMILES string of the molecule is CS(=O)(=O)CCC(NC(=O)CN1C(=O)c2ccccc2C1=O)C(=O)O. The van der Waals surface area contributed by atoms with Gasteiger partial charge < -0.3 is 10.4 Å². The second kappa shape index (κ2) is 7.01. The normalized spacial score (nSPS) is 15.0. The van der Waals surface area contributed by atoms with Crippen molar-refractivity contribution in [3.63, 3.8) is 0 Å². The number of carboxylic acid groups (broad SMARTS) is 1.